The summed E-state index contributed by atoms with van der Waals surface area (Å²) >= 11 is 0. The molecule has 278 valence electrons. The lowest BCUT2D eigenvalue weighted by Gasteiger charge is -2.19. The van der Waals surface area contributed by atoms with Crippen molar-refractivity contribution in [3.8, 4) is 33.8 Å². The molecule has 0 aliphatic carbocycles. The van der Waals surface area contributed by atoms with Gasteiger partial charge >= 0.3 is 0 Å². The predicted octanol–water partition coefficient (Wildman–Crippen LogP) is 9.50. The summed E-state index contributed by atoms with van der Waals surface area (Å²) in [6.07, 6.45) is 4.33. The average Bonchev–Trinajstić information content (AvgIpc) is 3.76. The number of hydrogen-bond acceptors (Lipinski definition) is 7. The van der Waals surface area contributed by atoms with Gasteiger partial charge in [-0.05, 0) is 48.7 Å². The third kappa shape index (κ3) is 9.38. The third-order valence-corrected chi connectivity index (χ3v) is 9.15. The van der Waals surface area contributed by atoms with Crippen LogP contribution in [0.4, 0.5) is 17.6 Å². The molecule has 4 atom stereocenters. The molecule has 0 saturated carbocycles. The molecule has 0 N–H and O–H groups in total. The van der Waals surface area contributed by atoms with E-state index in [0.29, 0.717) is 23.5 Å². The molecule has 0 amide bonds. The van der Waals surface area contributed by atoms with Crippen molar-refractivity contribution in [1.82, 2.24) is 0 Å². The fraction of sp³-hybridized carbons (Fsp3) is 0.390. The molecule has 4 aromatic carbocycles. The predicted molar refractivity (Wildman–Crippen MR) is 188 cm³/mol. The number of fused-ring (bicyclic) bond motifs is 1. The van der Waals surface area contributed by atoms with Gasteiger partial charge in [-0.25, -0.2) is 22.9 Å². The zero-order chi connectivity index (χ0) is 37.0. The molecule has 2 fully saturated rings. The molecule has 2 saturated heterocycles. The minimum Gasteiger partial charge on any atom is -0.494 e. The van der Waals surface area contributed by atoms with Crippen LogP contribution >= 0.6 is 0 Å². The van der Waals surface area contributed by atoms with Crippen LogP contribution in [0.25, 0.3) is 22.3 Å². The molecule has 0 aromatic heterocycles. The summed E-state index contributed by atoms with van der Waals surface area (Å²) in [5.41, 5.74) is 2.30. The molecule has 4 unspecified atom stereocenters. The number of halogens is 4. The number of rotatable bonds is 16. The van der Waals surface area contributed by atoms with E-state index >= 15 is 13.2 Å². The van der Waals surface area contributed by atoms with Crippen molar-refractivity contribution in [2.45, 2.75) is 83.4 Å². The van der Waals surface area contributed by atoms with E-state index in [0.717, 1.165) is 18.4 Å². The molecular formula is C41H44F4O7. The highest BCUT2D eigenvalue weighted by atomic mass is 19.2. The standard InChI is InChI=1S/C40H42F4O6.CH2O/c1-3-4-5-6-7-8-21-45-29-16-13-27(14-17-29)30-18-15-28(35(41)36(30)42)22-48-50-34-24-47-39-33(23-46-40(34)39)49-32-20-19-31(37(43)38(32)44)26-11-9-25(2)10-12-26;1-2/h9-20,33-34,39-40H,3-8,21-24H2,1-2H3;1H2. The van der Waals surface area contributed by atoms with Gasteiger partial charge in [0, 0.05) is 16.7 Å². The lowest BCUT2D eigenvalue weighted by Crippen LogP contribution is -2.35. The fourth-order valence-electron chi connectivity index (χ4n) is 6.27. The summed E-state index contributed by atoms with van der Waals surface area (Å²) in [6.45, 7) is 6.47. The number of ether oxygens (including phenoxy) is 4. The molecule has 52 heavy (non-hydrogen) atoms. The summed E-state index contributed by atoms with van der Waals surface area (Å²) in [5, 5.41) is 0. The van der Waals surface area contributed by atoms with Gasteiger partial charge in [0.15, 0.2) is 29.3 Å². The maximum atomic E-state index is 15.1. The summed E-state index contributed by atoms with van der Waals surface area (Å²) in [6, 6.07) is 19.8. The lowest BCUT2D eigenvalue weighted by atomic mass is 10.0. The van der Waals surface area contributed by atoms with Crippen molar-refractivity contribution in [3.63, 3.8) is 0 Å². The van der Waals surface area contributed by atoms with Crippen LogP contribution in [0.15, 0.2) is 72.8 Å². The van der Waals surface area contributed by atoms with Crippen molar-refractivity contribution in [1.29, 1.82) is 0 Å². The van der Waals surface area contributed by atoms with Gasteiger partial charge in [0.25, 0.3) is 0 Å². The SMILES string of the molecule is C=O.CCCCCCCCOc1ccc(-c2ccc(COOC3COC4C(Oc5ccc(-c6ccc(C)cc6)c(F)c5F)COC34)c(F)c2F)cc1. The van der Waals surface area contributed by atoms with Gasteiger partial charge in [-0.2, -0.15) is 4.39 Å². The van der Waals surface area contributed by atoms with Crippen LogP contribution in [0.2, 0.25) is 0 Å². The van der Waals surface area contributed by atoms with Crippen LogP contribution in [0.3, 0.4) is 0 Å². The topological polar surface area (TPSA) is 72.5 Å². The van der Waals surface area contributed by atoms with Crippen LogP contribution in [-0.4, -0.2) is 51.0 Å². The minimum absolute atomic E-state index is 0.0271. The number of benzene rings is 4. The Hall–Kier alpha value is -4.29. The highest BCUT2D eigenvalue weighted by Gasteiger charge is 2.50. The van der Waals surface area contributed by atoms with E-state index in [1.807, 2.05) is 25.8 Å². The maximum Gasteiger partial charge on any atom is 0.201 e. The molecular weight excluding hydrogens is 680 g/mol. The molecule has 0 spiro atoms. The molecule has 0 bridgehead atoms. The number of carbonyl (C=O) groups excluding carboxylic acids is 1. The van der Waals surface area contributed by atoms with E-state index in [2.05, 4.69) is 6.92 Å². The molecule has 7 nitrogen and oxygen atoms in total. The molecule has 0 radical (unpaired) electrons. The maximum absolute atomic E-state index is 15.1. The summed E-state index contributed by atoms with van der Waals surface area (Å²) in [5.74, 6) is -3.73. The van der Waals surface area contributed by atoms with Crippen molar-refractivity contribution in [2.24, 2.45) is 0 Å². The first-order valence-corrected chi connectivity index (χ1v) is 17.6. The van der Waals surface area contributed by atoms with Crippen molar-refractivity contribution in [3.05, 3.63) is 107 Å². The Morgan fingerprint density at radius 2 is 1.25 bits per heavy atom. The van der Waals surface area contributed by atoms with Gasteiger partial charge in [0.2, 0.25) is 5.82 Å². The first kappa shape index (κ1) is 38.9. The van der Waals surface area contributed by atoms with E-state index < -0.39 is 47.7 Å². The van der Waals surface area contributed by atoms with E-state index in [4.69, 9.17) is 33.5 Å². The number of hydrogen-bond donors (Lipinski definition) is 0. The Labute approximate surface area is 301 Å². The van der Waals surface area contributed by atoms with E-state index in [-0.39, 0.29) is 42.3 Å². The van der Waals surface area contributed by atoms with Crippen LogP contribution < -0.4 is 9.47 Å². The van der Waals surface area contributed by atoms with Crippen LogP contribution in [0, 0.1) is 30.2 Å². The fourth-order valence-corrected chi connectivity index (χ4v) is 6.27. The largest absolute Gasteiger partial charge is 0.494 e. The first-order valence-electron chi connectivity index (χ1n) is 17.6. The van der Waals surface area contributed by atoms with Crippen LogP contribution in [0.1, 0.15) is 56.6 Å². The van der Waals surface area contributed by atoms with Crippen molar-refractivity contribution in [2.75, 3.05) is 19.8 Å². The zero-order valence-corrected chi connectivity index (χ0v) is 29.4. The molecule has 11 heteroatoms. The van der Waals surface area contributed by atoms with Gasteiger partial charge in [0.05, 0.1) is 19.8 Å². The molecule has 2 aliphatic rings. The average molecular weight is 725 g/mol. The Morgan fingerprint density at radius 3 is 1.94 bits per heavy atom. The first-order chi connectivity index (χ1) is 25.3. The summed E-state index contributed by atoms with van der Waals surface area (Å²) in [7, 11) is 0. The molecule has 2 heterocycles. The minimum atomic E-state index is -1.11. The van der Waals surface area contributed by atoms with Gasteiger partial charge in [-0.3, -0.25) is 0 Å². The second-order valence-corrected chi connectivity index (χ2v) is 12.8. The van der Waals surface area contributed by atoms with Gasteiger partial charge < -0.3 is 23.7 Å². The second kappa shape index (κ2) is 19.0. The van der Waals surface area contributed by atoms with E-state index in [9.17, 15) is 4.39 Å². The van der Waals surface area contributed by atoms with Crippen molar-refractivity contribution >= 4 is 6.79 Å². The second-order valence-electron chi connectivity index (χ2n) is 12.8. The van der Waals surface area contributed by atoms with Crippen LogP contribution in [0.5, 0.6) is 11.5 Å². The Morgan fingerprint density at radius 1 is 0.673 bits per heavy atom. The molecule has 2 aliphatic heterocycles. The van der Waals surface area contributed by atoms with Crippen LogP contribution in [-0.2, 0) is 30.7 Å². The quantitative estimate of drug-likeness (QED) is 0.0494. The smallest absolute Gasteiger partial charge is 0.201 e. The normalized spacial score (nSPS) is 19.2. The lowest BCUT2D eigenvalue weighted by molar-refractivity contribution is -0.342. The van der Waals surface area contributed by atoms with Gasteiger partial charge in [0.1, 0.15) is 37.5 Å². The van der Waals surface area contributed by atoms with Gasteiger partial charge in [-0.15, -0.1) is 0 Å². The third-order valence-electron chi connectivity index (χ3n) is 9.15. The summed E-state index contributed by atoms with van der Waals surface area (Å²) in [4.78, 5) is 18.8. The summed E-state index contributed by atoms with van der Waals surface area (Å²) < 4.78 is 83.4. The molecule has 6 rings (SSSR count). The van der Waals surface area contributed by atoms with E-state index in [1.54, 1.807) is 36.4 Å². The van der Waals surface area contributed by atoms with Gasteiger partial charge in [-0.1, -0.05) is 93.1 Å². The molecule has 4 aromatic rings. The Kier molecular flexibility index (Phi) is 14.2. The van der Waals surface area contributed by atoms with Crippen molar-refractivity contribution < 1.29 is 51.1 Å². The zero-order valence-electron chi connectivity index (χ0n) is 29.4. The monoisotopic (exact) mass is 724 g/mol. The number of aryl methyl sites for hydroxylation is 1. The number of carbonyl (C=O) groups is 1. The highest BCUT2D eigenvalue weighted by Crippen LogP contribution is 2.35. The number of unbranched alkanes of at least 4 members (excludes halogenated alkanes) is 5. The Bertz CT molecular complexity index is 1740. The highest BCUT2D eigenvalue weighted by molar-refractivity contribution is 5.66. The Balaban J connectivity index is 0.00000257. The van der Waals surface area contributed by atoms with E-state index in [1.165, 1.54) is 49.9 Å².